The Morgan fingerprint density at radius 1 is 0.659 bits per heavy atom. The van der Waals surface area contributed by atoms with E-state index in [0.717, 1.165) is 66.7 Å². The van der Waals surface area contributed by atoms with Crippen LogP contribution in [0.4, 0.5) is 0 Å². The molecule has 5 aromatic rings. The number of likely N-dealkylation sites (N-methyl/N-ethyl adjacent to an activating group) is 1. The second kappa shape index (κ2) is 27.2. The van der Waals surface area contributed by atoms with Gasteiger partial charge < -0.3 is 113 Å². The number of primary amides is 1. The molecule has 7 amide bonds. The molecule has 0 aliphatic carbocycles. The minimum atomic E-state index is -2.31. The van der Waals surface area contributed by atoms with Gasteiger partial charge in [-0.3, -0.25) is 33.6 Å². The van der Waals surface area contributed by atoms with E-state index in [4.69, 9.17) is 47.9 Å². The van der Waals surface area contributed by atoms with E-state index in [1.165, 1.54) is 19.2 Å². The van der Waals surface area contributed by atoms with E-state index in [-0.39, 0.29) is 45.6 Å². The van der Waals surface area contributed by atoms with Gasteiger partial charge in [0.25, 0.3) is 0 Å². The van der Waals surface area contributed by atoms with Crippen LogP contribution >= 0.6 is 23.2 Å². The highest BCUT2D eigenvalue weighted by molar-refractivity contribution is 6.32. The number of halogens is 2. The lowest BCUT2D eigenvalue weighted by molar-refractivity contribution is -0.277. The summed E-state index contributed by atoms with van der Waals surface area (Å²) in [7, 11) is 1.47. The van der Waals surface area contributed by atoms with Gasteiger partial charge in [0, 0.05) is 22.8 Å². The number of amides is 7. The number of benzene rings is 5. The van der Waals surface area contributed by atoms with Gasteiger partial charge in [0.1, 0.15) is 95.6 Å². The van der Waals surface area contributed by atoms with Crippen molar-refractivity contribution in [3.63, 3.8) is 0 Å². The zero-order valence-corrected chi connectivity index (χ0v) is 49.5. The molecule has 11 rings (SSSR count). The molecule has 91 heavy (non-hydrogen) atoms. The molecule has 14 atom stereocenters. The SMILES string of the molecule is CN[C@H](CC(C)C)C(=O)NC1C(=O)N[C@@H](CC(N)=O)C(=O)N[C@H]2C(=O)N[C@H]3C(=O)N[C@H](C(=O)N[C@@H](C(=O)O)c4cc(O)cc(O)c4-c4cc3ccc4O)[C@H](O)c3ccc(c(Cl)c3)Oc3cc2cc(c3OC2OC(CO)C(O)C(O)C2O)Oc2ccc(cc2Cl)[C@H]1O. The maximum atomic E-state index is 15.8. The highest BCUT2D eigenvalue weighted by Crippen LogP contribution is 2.49. The maximum Gasteiger partial charge on any atom is 0.330 e. The summed E-state index contributed by atoms with van der Waals surface area (Å²) in [5.74, 6) is -15.8. The summed E-state index contributed by atoms with van der Waals surface area (Å²) in [6.07, 6.45) is -14.9. The fraction of sp³-hybridized carbons (Fsp3) is 0.356. The van der Waals surface area contributed by atoms with Crippen molar-refractivity contribution in [2.45, 2.75) is 112 Å². The van der Waals surface area contributed by atoms with Crippen LogP contribution in [0.25, 0.3) is 11.1 Å². The van der Waals surface area contributed by atoms with Gasteiger partial charge in [-0.15, -0.1) is 0 Å². The smallest absolute Gasteiger partial charge is 0.330 e. The Labute approximate surface area is 525 Å². The van der Waals surface area contributed by atoms with E-state index in [2.05, 4.69) is 37.2 Å². The number of carbonyl (C=O) groups excluding carboxylic acids is 7. The lowest BCUT2D eigenvalue weighted by Crippen LogP contribution is -2.60. The summed E-state index contributed by atoms with van der Waals surface area (Å²) in [5, 5.41) is 128. The number of phenols is 3. The molecule has 0 saturated carbocycles. The quantitative estimate of drug-likeness (QED) is 0.0819. The summed E-state index contributed by atoms with van der Waals surface area (Å²) in [5.41, 5.74) is 2.90. The van der Waals surface area contributed by atoms with Crippen molar-refractivity contribution in [3.05, 3.63) is 117 Å². The fourth-order valence-electron chi connectivity index (χ4n) is 10.7. The van der Waals surface area contributed by atoms with Crippen LogP contribution in [0.15, 0.2) is 78.9 Å². The average Bonchev–Trinajstić information content (AvgIpc) is 0.790. The molecular formula is C59H62Cl2N8O22. The van der Waals surface area contributed by atoms with Gasteiger partial charge in [-0.05, 0) is 96.2 Å². The van der Waals surface area contributed by atoms with Gasteiger partial charge >= 0.3 is 5.97 Å². The van der Waals surface area contributed by atoms with E-state index in [0.29, 0.717) is 0 Å². The zero-order valence-electron chi connectivity index (χ0n) is 48.0. The predicted molar refractivity (Wildman–Crippen MR) is 313 cm³/mol. The van der Waals surface area contributed by atoms with Gasteiger partial charge in [-0.25, -0.2) is 4.79 Å². The van der Waals surface area contributed by atoms with Crippen molar-refractivity contribution in [3.8, 4) is 57.1 Å². The number of nitrogens with two attached hydrogens (primary N) is 1. The van der Waals surface area contributed by atoms with E-state index >= 15 is 14.4 Å². The Morgan fingerprint density at radius 2 is 1.25 bits per heavy atom. The largest absolute Gasteiger partial charge is 0.508 e. The summed E-state index contributed by atoms with van der Waals surface area (Å²) in [6, 6.07) is -0.613. The van der Waals surface area contributed by atoms with Crippen LogP contribution in [0.3, 0.4) is 0 Å². The van der Waals surface area contributed by atoms with E-state index in [9.17, 15) is 75.0 Å². The number of nitrogens with one attached hydrogen (secondary N) is 7. The Hall–Kier alpha value is -9.08. The Bertz CT molecular complexity index is 3730. The summed E-state index contributed by atoms with van der Waals surface area (Å²) in [6.45, 7) is 2.69. The van der Waals surface area contributed by atoms with Gasteiger partial charge in [0.05, 0.1) is 29.1 Å². The lowest BCUT2D eigenvalue weighted by atomic mass is 9.89. The molecule has 0 radical (unpaired) electrons. The van der Waals surface area contributed by atoms with Crippen molar-refractivity contribution in [1.29, 1.82) is 0 Å². The number of carboxylic acids is 1. The van der Waals surface area contributed by atoms with Gasteiger partial charge in [0.2, 0.25) is 53.4 Å². The third-order valence-electron chi connectivity index (χ3n) is 15.4. The van der Waals surface area contributed by atoms with Crippen LogP contribution in [0, 0.1) is 5.92 Å². The van der Waals surface area contributed by atoms with Crippen molar-refractivity contribution < 1.29 is 108 Å². The van der Waals surface area contributed by atoms with E-state index < -0.39 is 207 Å². The Balaban J connectivity index is 1.32. The molecule has 19 N–H and O–H groups in total. The molecule has 484 valence electrons. The molecule has 5 aromatic carbocycles. The predicted octanol–water partition coefficient (Wildman–Crippen LogP) is -0.131. The average molecular weight is 1310 g/mol. The molecule has 6 heterocycles. The minimum Gasteiger partial charge on any atom is -0.508 e. The molecule has 30 nitrogen and oxygen atoms in total. The number of phenolic OH excluding ortho intramolecular Hbond substituents is 3. The van der Waals surface area contributed by atoms with Crippen LogP contribution in [-0.2, 0) is 43.1 Å². The first-order chi connectivity index (χ1) is 43.1. The number of rotatable bonds is 11. The van der Waals surface area contributed by atoms with Crippen LogP contribution in [0.2, 0.25) is 10.0 Å². The summed E-state index contributed by atoms with van der Waals surface area (Å²) in [4.78, 5) is 115. The number of aliphatic hydroxyl groups excluding tert-OH is 6. The minimum absolute atomic E-state index is 0.0825. The van der Waals surface area contributed by atoms with E-state index in [1.54, 1.807) is 0 Å². The monoisotopic (exact) mass is 1300 g/mol. The van der Waals surface area contributed by atoms with Crippen molar-refractivity contribution in [2.75, 3.05) is 13.7 Å². The number of ether oxygens (including phenoxy) is 4. The molecule has 0 spiro atoms. The molecule has 6 aliphatic heterocycles. The normalized spacial score (nSPS) is 26.2. The second-order valence-corrected chi connectivity index (χ2v) is 23.0. The number of carbonyl (C=O) groups is 8. The van der Waals surface area contributed by atoms with Crippen molar-refractivity contribution in [1.82, 2.24) is 37.2 Å². The standard InChI is InChI=1S/C59H62Cl2N8O22/c1-20(2)10-30(63-3)52(80)68-44-46(75)22-5-8-34(28(60)12-22)88-36-14-24-15-37(51(36)91-59-50(79)49(78)48(77)38(19-70)90-59)89-35-9-6-23(13-29(35)61)47(76)45-57(85)67-43(58(86)87)27-16-25(71)17-33(73)40(27)26-11-21(4-7-32(26)72)41(54(82)69-45)66-55(83)42(24)65-53(81)31(18-39(62)74)64-56(44)84/h4-9,11-17,20,30-31,38,41-50,59,63,70-73,75-79H,10,18-19H2,1-3H3,(H2,62,74)(H,64,84)(H,65,81)(H,66,83)(H,67,85)(H,68,80)(H,69,82)(H,86,87)/t30-,31+,38?,41-,42-,43-,44?,45+,46-,47-,48?,49?,50?,59?/m1/s1. The highest BCUT2D eigenvalue weighted by Gasteiger charge is 2.47. The number of aliphatic hydroxyl groups is 6. The van der Waals surface area contributed by atoms with Gasteiger partial charge in [0.15, 0.2) is 17.5 Å². The molecule has 1 fully saturated rings. The van der Waals surface area contributed by atoms with Crippen LogP contribution in [0.5, 0.6) is 46.0 Å². The first-order valence-electron chi connectivity index (χ1n) is 27.9. The van der Waals surface area contributed by atoms with Crippen molar-refractivity contribution >= 4 is 70.5 Å². The summed E-state index contributed by atoms with van der Waals surface area (Å²) >= 11 is 13.8. The van der Waals surface area contributed by atoms with Gasteiger partial charge in [-0.1, -0.05) is 55.2 Å². The van der Waals surface area contributed by atoms with Gasteiger partial charge in [-0.2, -0.15) is 0 Å². The molecule has 0 aromatic heterocycles. The molecular weight excluding hydrogens is 1240 g/mol. The highest BCUT2D eigenvalue weighted by atomic mass is 35.5. The molecule has 6 aliphatic rings. The lowest BCUT2D eigenvalue weighted by Gasteiger charge is -2.39. The summed E-state index contributed by atoms with van der Waals surface area (Å²) < 4.78 is 24.8. The number of hydrogen-bond donors (Lipinski definition) is 18. The maximum absolute atomic E-state index is 15.8. The Morgan fingerprint density at radius 3 is 1.84 bits per heavy atom. The molecule has 32 heteroatoms. The van der Waals surface area contributed by atoms with Crippen LogP contribution < -0.4 is 57.2 Å². The zero-order chi connectivity index (χ0) is 66.2. The fourth-order valence-corrected chi connectivity index (χ4v) is 11.2. The number of fused-ring (bicyclic) bond motifs is 15. The third-order valence-corrected chi connectivity index (χ3v) is 16.0. The first kappa shape index (κ1) is 66.3. The second-order valence-electron chi connectivity index (χ2n) is 22.2. The number of aliphatic carboxylic acids is 1. The van der Waals surface area contributed by atoms with Crippen LogP contribution in [-0.4, -0.2) is 167 Å². The third kappa shape index (κ3) is 14.0. The molecule has 6 unspecified atom stereocenters. The molecule has 1 saturated heterocycles. The molecule has 11 bridgehead atoms. The number of aromatic hydroxyl groups is 3. The topological polar surface area (TPSA) is 486 Å². The Kier molecular flexibility index (Phi) is 19.8. The van der Waals surface area contributed by atoms with Crippen LogP contribution in [0.1, 0.15) is 84.8 Å². The first-order valence-corrected chi connectivity index (χ1v) is 28.7. The number of hydrogen-bond acceptors (Lipinski definition) is 22. The van der Waals surface area contributed by atoms with E-state index in [1.807, 2.05) is 13.8 Å². The number of carboxylic acid groups (broad SMARTS) is 1. The van der Waals surface area contributed by atoms with Crippen molar-refractivity contribution in [2.24, 2.45) is 11.7 Å².